The number of rotatable bonds is 2. The van der Waals surface area contributed by atoms with Crippen molar-refractivity contribution in [3.63, 3.8) is 0 Å². The molecule has 2 nitrogen and oxygen atoms in total. The standard InChI is InChI=1S/C13H29NOSi/c1-12(2)9-11(15-16(6,7)8)10-13(3,4)14(12)5/h11H,9-10H2,1-8H3. The largest absolute Gasteiger partial charge is 0.415 e. The van der Waals surface area contributed by atoms with E-state index < -0.39 is 8.32 Å². The Morgan fingerprint density at radius 3 is 1.69 bits per heavy atom. The molecule has 0 aromatic rings. The molecule has 1 heterocycles. The van der Waals surface area contributed by atoms with Gasteiger partial charge in [-0.05, 0) is 67.2 Å². The summed E-state index contributed by atoms with van der Waals surface area (Å²) in [7, 11) is 0.831. The van der Waals surface area contributed by atoms with Crippen LogP contribution in [0.15, 0.2) is 0 Å². The van der Waals surface area contributed by atoms with Crippen molar-refractivity contribution in [2.75, 3.05) is 7.05 Å². The maximum absolute atomic E-state index is 6.31. The lowest BCUT2D eigenvalue weighted by molar-refractivity contribution is -0.0580. The highest BCUT2D eigenvalue weighted by molar-refractivity contribution is 6.69. The van der Waals surface area contributed by atoms with Gasteiger partial charge in [0.05, 0.1) is 0 Å². The van der Waals surface area contributed by atoms with Crippen molar-refractivity contribution in [3.8, 4) is 0 Å². The summed E-state index contributed by atoms with van der Waals surface area (Å²) in [4.78, 5) is 2.50. The molecule has 3 heteroatoms. The van der Waals surface area contributed by atoms with E-state index in [1.165, 1.54) is 0 Å². The van der Waals surface area contributed by atoms with Crippen LogP contribution in [0.3, 0.4) is 0 Å². The van der Waals surface area contributed by atoms with Crippen molar-refractivity contribution in [1.82, 2.24) is 4.90 Å². The van der Waals surface area contributed by atoms with Gasteiger partial charge in [-0.15, -0.1) is 0 Å². The zero-order valence-corrected chi connectivity index (χ0v) is 13.3. The van der Waals surface area contributed by atoms with Gasteiger partial charge in [0.15, 0.2) is 8.32 Å². The Morgan fingerprint density at radius 2 is 1.38 bits per heavy atom. The van der Waals surface area contributed by atoms with E-state index in [0.717, 1.165) is 12.8 Å². The topological polar surface area (TPSA) is 12.5 Å². The summed E-state index contributed by atoms with van der Waals surface area (Å²) >= 11 is 0. The molecule has 0 atom stereocenters. The van der Waals surface area contributed by atoms with E-state index in [0.29, 0.717) is 6.10 Å². The average Bonchev–Trinajstić information content (AvgIpc) is 1.95. The molecule has 1 aliphatic rings. The highest BCUT2D eigenvalue weighted by atomic mass is 28.4. The van der Waals surface area contributed by atoms with Crippen molar-refractivity contribution in [2.45, 2.75) is 77.4 Å². The first-order chi connectivity index (χ1) is 6.94. The zero-order valence-electron chi connectivity index (χ0n) is 12.3. The van der Waals surface area contributed by atoms with Crippen molar-refractivity contribution < 1.29 is 4.43 Å². The minimum atomic E-state index is -1.41. The van der Waals surface area contributed by atoms with Crippen molar-refractivity contribution in [2.24, 2.45) is 0 Å². The molecular weight excluding hydrogens is 214 g/mol. The maximum Gasteiger partial charge on any atom is 0.184 e. The molecule has 0 aromatic carbocycles. The fourth-order valence-electron chi connectivity index (χ4n) is 2.86. The molecule has 1 aliphatic heterocycles. The Balaban J connectivity index is 2.79. The van der Waals surface area contributed by atoms with Crippen LogP contribution in [-0.2, 0) is 4.43 Å². The van der Waals surface area contributed by atoms with E-state index in [4.69, 9.17) is 4.43 Å². The third kappa shape index (κ3) is 3.31. The van der Waals surface area contributed by atoms with Gasteiger partial charge < -0.3 is 4.43 Å². The van der Waals surface area contributed by atoms with E-state index in [9.17, 15) is 0 Å². The SMILES string of the molecule is CN1C(C)(C)CC(O[Si](C)(C)C)CC1(C)C. The van der Waals surface area contributed by atoms with E-state index in [-0.39, 0.29) is 11.1 Å². The fraction of sp³-hybridized carbons (Fsp3) is 1.00. The summed E-state index contributed by atoms with van der Waals surface area (Å²) < 4.78 is 6.31. The third-order valence-corrected chi connectivity index (χ3v) is 4.83. The molecule has 0 aromatic heterocycles. The van der Waals surface area contributed by atoms with Crippen LogP contribution < -0.4 is 0 Å². The van der Waals surface area contributed by atoms with Gasteiger partial charge in [-0.3, -0.25) is 4.90 Å². The van der Waals surface area contributed by atoms with Gasteiger partial charge in [0.1, 0.15) is 0 Å². The summed E-state index contributed by atoms with van der Waals surface area (Å²) in [6, 6.07) is 0. The first kappa shape index (κ1) is 14.2. The maximum atomic E-state index is 6.31. The molecule has 0 bridgehead atoms. The first-order valence-electron chi connectivity index (χ1n) is 6.36. The van der Waals surface area contributed by atoms with Crippen LogP contribution in [0.1, 0.15) is 40.5 Å². The molecule has 0 unspecified atom stereocenters. The summed E-state index contributed by atoms with van der Waals surface area (Å²) in [5, 5.41) is 0. The van der Waals surface area contributed by atoms with Crippen LogP contribution in [-0.4, -0.2) is 37.4 Å². The number of piperidine rings is 1. The normalized spacial score (nSPS) is 27.0. The van der Waals surface area contributed by atoms with Crippen LogP contribution in [0.2, 0.25) is 19.6 Å². The molecule has 0 aliphatic carbocycles. The number of hydrogen-bond donors (Lipinski definition) is 0. The fourth-order valence-corrected chi connectivity index (χ4v) is 4.03. The smallest absolute Gasteiger partial charge is 0.184 e. The van der Waals surface area contributed by atoms with Crippen LogP contribution >= 0.6 is 0 Å². The Labute approximate surface area is 102 Å². The summed E-state index contributed by atoms with van der Waals surface area (Å²) in [6.45, 7) is 16.2. The summed E-state index contributed by atoms with van der Waals surface area (Å²) in [6.07, 6.45) is 2.74. The Morgan fingerprint density at radius 1 is 1.00 bits per heavy atom. The van der Waals surface area contributed by atoms with E-state index in [1.807, 2.05) is 0 Å². The minimum absolute atomic E-state index is 0.242. The first-order valence-corrected chi connectivity index (χ1v) is 9.77. The van der Waals surface area contributed by atoms with Gasteiger partial charge in [-0.1, -0.05) is 0 Å². The highest BCUT2D eigenvalue weighted by Crippen LogP contribution is 2.38. The minimum Gasteiger partial charge on any atom is -0.415 e. The van der Waals surface area contributed by atoms with Crippen molar-refractivity contribution in [3.05, 3.63) is 0 Å². The highest BCUT2D eigenvalue weighted by Gasteiger charge is 2.44. The Kier molecular flexibility index (Phi) is 3.65. The van der Waals surface area contributed by atoms with Crippen LogP contribution in [0, 0.1) is 0 Å². The lowest BCUT2D eigenvalue weighted by Crippen LogP contribution is -2.61. The summed E-state index contributed by atoms with van der Waals surface area (Å²) in [5.74, 6) is 0. The molecule has 0 spiro atoms. The predicted molar refractivity (Wildman–Crippen MR) is 73.4 cm³/mol. The van der Waals surface area contributed by atoms with Crippen LogP contribution in [0.5, 0.6) is 0 Å². The molecule has 96 valence electrons. The third-order valence-electron chi connectivity index (χ3n) is 3.79. The average molecular weight is 243 g/mol. The number of hydrogen-bond acceptors (Lipinski definition) is 2. The van der Waals surface area contributed by atoms with E-state index in [2.05, 4.69) is 59.3 Å². The molecule has 0 N–H and O–H groups in total. The van der Waals surface area contributed by atoms with Gasteiger partial charge in [0.25, 0.3) is 0 Å². The van der Waals surface area contributed by atoms with Gasteiger partial charge in [-0.25, -0.2) is 0 Å². The van der Waals surface area contributed by atoms with Gasteiger partial charge >= 0.3 is 0 Å². The van der Waals surface area contributed by atoms with Gasteiger partial charge in [0.2, 0.25) is 0 Å². The summed E-state index contributed by atoms with van der Waals surface area (Å²) in [5.41, 5.74) is 0.484. The second-order valence-corrected chi connectivity index (χ2v) is 11.9. The quantitative estimate of drug-likeness (QED) is 0.688. The van der Waals surface area contributed by atoms with Gasteiger partial charge in [-0.2, -0.15) is 0 Å². The van der Waals surface area contributed by atoms with Crippen LogP contribution in [0.4, 0.5) is 0 Å². The molecular formula is C13H29NOSi. The Bertz CT molecular complexity index is 237. The van der Waals surface area contributed by atoms with E-state index in [1.54, 1.807) is 0 Å². The molecule has 1 rings (SSSR count). The van der Waals surface area contributed by atoms with Crippen molar-refractivity contribution in [1.29, 1.82) is 0 Å². The van der Waals surface area contributed by atoms with Gasteiger partial charge in [0, 0.05) is 17.2 Å². The molecule has 0 amide bonds. The molecule has 0 saturated carbocycles. The lowest BCUT2D eigenvalue weighted by atomic mass is 9.79. The number of nitrogens with zero attached hydrogens (tertiary/aromatic N) is 1. The molecule has 1 saturated heterocycles. The monoisotopic (exact) mass is 243 g/mol. The Hall–Kier alpha value is 0.137. The lowest BCUT2D eigenvalue weighted by Gasteiger charge is -2.54. The number of likely N-dealkylation sites (tertiary alicyclic amines) is 1. The second kappa shape index (κ2) is 4.11. The zero-order chi connectivity index (χ0) is 12.8. The molecule has 1 fully saturated rings. The molecule has 0 radical (unpaired) electrons. The van der Waals surface area contributed by atoms with Crippen LogP contribution in [0.25, 0.3) is 0 Å². The predicted octanol–water partition coefficient (Wildman–Crippen LogP) is 3.49. The van der Waals surface area contributed by atoms with E-state index >= 15 is 0 Å². The second-order valence-electron chi connectivity index (χ2n) is 7.44. The molecule has 16 heavy (non-hydrogen) atoms. The van der Waals surface area contributed by atoms with Crippen molar-refractivity contribution >= 4 is 8.32 Å².